The zero-order valence-corrected chi connectivity index (χ0v) is 18.4. The highest BCUT2D eigenvalue weighted by atomic mass is 16.6. The number of carbonyl (C=O) groups excluding carboxylic acids is 1. The SMILES string of the molecule is CCCC#C/C1=C(\CC)[C@@H](c2ccc([N+](=O)[O-])cc2)C(CC)C(=O)/C=C(/CCC)O1. The predicted octanol–water partition coefficient (Wildman–Crippen LogP) is 6.46. The van der Waals surface area contributed by atoms with Crippen LogP contribution in [0.15, 0.2) is 47.4 Å². The summed E-state index contributed by atoms with van der Waals surface area (Å²) >= 11 is 0. The molecule has 0 fully saturated rings. The molecular formula is C25H31NO4. The van der Waals surface area contributed by atoms with Crippen molar-refractivity contribution in [1.82, 2.24) is 0 Å². The molecule has 0 aromatic heterocycles. The van der Waals surface area contributed by atoms with Crippen molar-refractivity contribution in [3.05, 3.63) is 63.1 Å². The highest BCUT2D eigenvalue weighted by Gasteiger charge is 2.34. The predicted molar refractivity (Wildman–Crippen MR) is 119 cm³/mol. The Morgan fingerprint density at radius 2 is 1.80 bits per heavy atom. The zero-order valence-electron chi connectivity index (χ0n) is 18.4. The van der Waals surface area contributed by atoms with Crippen LogP contribution in [0.2, 0.25) is 0 Å². The topological polar surface area (TPSA) is 69.4 Å². The number of nitro groups is 1. The number of non-ortho nitro benzene ring substituents is 1. The Bertz CT molecular complexity index is 884. The van der Waals surface area contributed by atoms with Crippen molar-refractivity contribution in [3.63, 3.8) is 0 Å². The number of nitrogens with zero attached hydrogens (tertiary/aromatic N) is 1. The first-order valence-corrected chi connectivity index (χ1v) is 10.8. The number of hydrogen-bond acceptors (Lipinski definition) is 4. The van der Waals surface area contributed by atoms with Crippen molar-refractivity contribution in [1.29, 1.82) is 0 Å². The second kappa shape index (κ2) is 11.3. The van der Waals surface area contributed by atoms with E-state index in [2.05, 4.69) is 25.7 Å². The van der Waals surface area contributed by atoms with Crippen LogP contribution in [-0.2, 0) is 9.53 Å². The number of hydrogen-bond donors (Lipinski definition) is 0. The Hall–Kier alpha value is -2.87. The van der Waals surface area contributed by atoms with Gasteiger partial charge in [-0.1, -0.05) is 45.7 Å². The summed E-state index contributed by atoms with van der Waals surface area (Å²) < 4.78 is 6.20. The largest absolute Gasteiger partial charge is 0.453 e. The van der Waals surface area contributed by atoms with E-state index >= 15 is 0 Å². The Morgan fingerprint density at radius 1 is 1.10 bits per heavy atom. The quantitative estimate of drug-likeness (QED) is 0.294. The highest BCUT2D eigenvalue weighted by molar-refractivity contribution is 5.93. The van der Waals surface area contributed by atoms with Crippen molar-refractivity contribution in [3.8, 4) is 11.8 Å². The van der Waals surface area contributed by atoms with E-state index in [-0.39, 0.29) is 23.3 Å². The molecule has 0 aliphatic carbocycles. The van der Waals surface area contributed by atoms with Crippen LogP contribution < -0.4 is 0 Å². The van der Waals surface area contributed by atoms with E-state index in [0.29, 0.717) is 30.8 Å². The summed E-state index contributed by atoms with van der Waals surface area (Å²) in [5.74, 6) is 7.24. The maximum Gasteiger partial charge on any atom is 0.269 e. The zero-order chi connectivity index (χ0) is 22.1. The average Bonchev–Trinajstić information content (AvgIpc) is 2.72. The molecule has 5 heteroatoms. The summed E-state index contributed by atoms with van der Waals surface area (Å²) in [7, 11) is 0. The molecule has 1 aliphatic heterocycles. The maximum atomic E-state index is 13.1. The van der Waals surface area contributed by atoms with E-state index in [1.807, 2.05) is 13.8 Å². The van der Waals surface area contributed by atoms with Crippen LogP contribution in [0.3, 0.4) is 0 Å². The van der Waals surface area contributed by atoms with Gasteiger partial charge in [-0.2, -0.15) is 0 Å². The Balaban J connectivity index is 2.67. The molecule has 1 heterocycles. The fourth-order valence-electron chi connectivity index (χ4n) is 3.84. The van der Waals surface area contributed by atoms with Gasteiger partial charge in [0, 0.05) is 42.9 Å². The van der Waals surface area contributed by atoms with Crippen molar-refractivity contribution in [2.45, 2.75) is 72.1 Å². The molecule has 0 spiro atoms. The van der Waals surface area contributed by atoms with Crippen LogP contribution in [0.5, 0.6) is 0 Å². The number of ether oxygens (including phenoxy) is 1. The van der Waals surface area contributed by atoms with Gasteiger partial charge >= 0.3 is 0 Å². The van der Waals surface area contributed by atoms with E-state index < -0.39 is 4.92 Å². The lowest BCUT2D eigenvalue weighted by Gasteiger charge is -2.30. The fourth-order valence-corrected chi connectivity index (χ4v) is 3.84. The van der Waals surface area contributed by atoms with Gasteiger partial charge in [-0.05, 0) is 42.7 Å². The number of allylic oxidation sites excluding steroid dienone is 4. The summed E-state index contributed by atoms with van der Waals surface area (Å²) in [6.45, 7) is 8.18. The molecule has 0 saturated heterocycles. The van der Waals surface area contributed by atoms with Crippen LogP contribution in [0.25, 0.3) is 0 Å². The molecule has 0 saturated carbocycles. The number of rotatable bonds is 7. The van der Waals surface area contributed by atoms with E-state index in [4.69, 9.17) is 4.74 Å². The van der Waals surface area contributed by atoms with E-state index in [9.17, 15) is 14.9 Å². The normalized spacial score (nSPS) is 23.3. The third kappa shape index (κ3) is 5.60. The first kappa shape index (κ1) is 23.4. The van der Waals surface area contributed by atoms with Gasteiger partial charge in [0.05, 0.1) is 4.92 Å². The molecule has 1 aliphatic rings. The second-order valence-corrected chi connectivity index (χ2v) is 7.47. The lowest BCUT2D eigenvalue weighted by atomic mass is 9.75. The van der Waals surface area contributed by atoms with Crippen LogP contribution in [0, 0.1) is 27.9 Å². The van der Waals surface area contributed by atoms with Gasteiger partial charge in [-0.15, -0.1) is 0 Å². The highest BCUT2D eigenvalue weighted by Crippen LogP contribution is 2.41. The third-order valence-electron chi connectivity index (χ3n) is 5.33. The van der Waals surface area contributed by atoms with Crippen molar-refractivity contribution >= 4 is 11.5 Å². The molecule has 2 rings (SSSR count). The van der Waals surface area contributed by atoms with Crippen LogP contribution in [0.4, 0.5) is 5.69 Å². The molecule has 0 N–H and O–H groups in total. The monoisotopic (exact) mass is 409 g/mol. The van der Waals surface area contributed by atoms with Gasteiger partial charge < -0.3 is 4.74 Å². The van der Waals surface area contributed by atoms with Crippen molar-refractivity contribution in [2.24, 2.45) is 5.92 Å². The number of nitro benzene ring substituents is 1. The molecular weight excluding hydrogens is 378 g/mol. The molecule has 1 aromatic rings. The summed E-state index contributed by atoms with van der Waals surface area (Å²) in [6, 6.07) is 6.51. The van der Waals surface area contributed by atoms with Gasteiger partial charge in [-0.25, -0.2) is 0 Å². The van der Waals surface area contributed by atoms with E-state index in [1.165, 1.54) is 12.1 Å². The first-order chi connectivity index (χ1) is 14.5. The molecule has 0 amide bonds. The van der Waals surface area contributed by atoms with Gasteiger partial charge in [0.1, 0.15) is 5.76 Å². The molecule has 30 heavy (non-hydrogen) atoms. The molecule has 2 atom stereocenters. The molecule has 0 bridgehead atoms. The smallest absolute Gasteiger partial charge is 0.269 e. The summed E-state index contributed by atoms with van der Waals surface area (Å²) in [5, 5.41) is 11.1. The minimum absolute atomic E-state index is 0.0373. The van der Waals surface area contributed by atoms with Crippen LogP contribution in [-0.4, -0.2) is 10.7 Å². The fraction of sp³-hybridized carbons (Fsp3) is 0.480. The molecule has 1 unspecified atom stereocenters. The third-order valence-corrected chi connectivity index (χ3v) is 5.33. The number of ketones is 1. The van der Waals surface area contributed by atoms with Crippen LogP contribution in [0.1, 0.15) is 77.7 Å². The Kier molecular flexibility index (Phi) is 8.86. The minimum atomic E-state index is -0.411. The van der Waals surface area contributed by atoms with Gasteiger partial charge in [0.15, 0.2) is 11.5 Å². The van der Waals surface area contributed by atoms with Crippen molar-refractivity contribution < 1.29 is 14.5 Å². The molecule has 0 radical (unpaired) electrons. The summed E-state index contributed by atoms with van der Waals surface area (Å²) in [5.41, 5.74) is 1.90. The molecule has 160 valence electrons. The second-order valence-electron chi connectivity index (χ2n) is 7.47. The molecule has 1 aromatic carbocycles. The Morgan fingerprint density at radius 3 is 2.33 bits per heavy atom. The standard InChI is InChI=1S/C25H31NO4/c1-5-9-10-12-24-22(8-4)25(18-13-15-19(16-14-18)26(28)29)21(7-3)23(27)17-20(30-24)11-6-2/h13-17,21,25H,5-9,11H2,1-4H3/b20-17-,24-22-/t21?,25-/m0/s1. The summed E-state index contributed by atoms with van der Waals surface area (Å²) in [6.07, 6.45) is 6.26. The average molecular weight is 410 g/mol. The van der Waals surface area contributed by atoms with Gasteiger partial charge in [0.2, 0.25) is 0 Å². The Labute approximate surface area is 179 Å². The van der Waals surface area contributed by atoms with Crippen LogP contribution >= 0.6 is 0 Å². The lowest BCUT2D eigenvalue weighted by molar-refractivity contribution is -0.384. The minimum Gasteiger partial charge on any atom is -0.453 e. The molecule has 5 nitrogen and oxygen atoms in total. The number of benzene rings is 1. The van der Waals surface area contributed by atoms with E-state index in [0.717, 1.165) is 30.4 Å². The maximum absolute atomic E-state index is 13.1. The van der Waals surface area contributed by atoms with Gasteiger partial charge in [-0.3, -0.25) is 14.9 Å². The number of unbranched alkanes of at least 4 members (excludes halogenated alkanes) is 1. The lowest BCUT2D eigenvalue weighted by Crippen LogP contribution is -2.25. The summed E-state index contributed by atoms with van der Waals surface area (Å²) in [4.78, 5) is 23.8. The van der Waals surface area contributed by atoms with Crippen molar-refractivity contribution in [2.75, 3.05) is 0 Å². The van der Waals surface area contributed by atoms with E-state index in [1.54, 1.807) is 18.2 Å². The first-order valence-electron chi connectivity index (χ1n) is 10.8. The van der Waals surface area contributed by atoms with Gasteiger partial charge in [0.25, 0.3) is 5.69 Å². The number of carbonyl (C=O) groups is 1.